The second-order valence-corrected chi connectivity index (χ2v) is 14.3. The van der Waals surface area contributed by atoms with Gasteiger partial charge in [0.1, 0.15) is 17.3 Å². The van der Waals surface area contributed by atoms with Crippen molar-refractivity contribution in [1.82, 2.24) is 9.29 Å². The maximum Gasteiger partial charge on any atom is 0.323 e. The molecule has 50 heavy (non-hydrogen) atoms. The maximum atomic E-state index is 13.6. The lowest BCUT2D eigenvalue weighted by Gasteiger charge is -2.28. The molecule has 1 fully saturated rings. The molecule has 1 aromatic heterocycles. The van der Waals surface area contributed by atoms with Crippen molar-refractivity contribution in [2.24, 2.45) is 0 Å². The number of nitrogens with one attached hydrogen (secondary N) is 4. The number of hydrogen-bond acceptors (Lipinski definition) is 8. The molecule has 0 aliphatic carbocycles. The van der Waals surface area contributed by atoms with Crippen LogP contribution in [0.25, 0.3) is 10.8 Å². The van der Waals surface area contributed by atoms with Crippen LogP contribution in [0.3, 0.4) is 0 Å². The van der Waals surface area contributed by atoms with Crippen LogP contribution in [0.2, 0.25) is 0 Å². The normalized spacial score (nSPS) is 13.8. The fourth-order valence-corrected chi connectivity index (χ4v) is 6.71. The van der Waals surface area contributed by atoms with Gasteiger partial charge in [0.2, 0.25) is 0 Å². The number of aromatic nitrogens is 1. The summed E-state index contributed by atoms with van der Waals surface area (Å²) in [5, 5.41) is 10.6. The summed E-state index contributed by atoms with van der Waals surface area (Å²) >= 11 is 0. The Bertz CT molecular complexity index is 2100. The van der Waals surface area contributed by atoms with Crippen molar-refractivity contribution >= 4 is 55.6 Å². The molecular weight excluding hydrogens is 657 g/mol. The summed E-state index contributed by atoms with van der Waals surface area (Å²) in [6.07, 6.45) is 1.67. The number of amides is 2. The number of carbonyl (C=O) groups is 1. The fourth-order valence-electron chi connectivity index (χ4n) is 5.53. The van der Waals surface area contributed by atoms with E-state index in [0.717, 1.165) is 22.0 Å². The average Bonchev–Trinajstić information content (AvgIpc) is 3.10. The number of nitrogens with zero attached hydrogens (tertiary/aromatic N) is 2. The lowest BCUT2D eigenvalue weighted by atomic mass is 9.86. The highest BCUT2D eigenvalue weighted by molar-refractivity contribution is 7.90. The molecule has 5 aromatic rings. The zero-order valence-electron chi connectivity index (χ0n) is 28.3. The Morgan fingerprint density at radius 3 is 2.24 bits per heavy atom. The minimum atomic E-state index is -3.92. The molecule has 0 unspecified atom stereocenters. The van der Waals surface area contributed by atoms with Gasteiger partial charge in [-0.15, -0.1) is 0 Å². The van der Waals surface area contributed by atoms with Gasteiger partial charge in [0.15, 0.2) is 5.75 Å². The summed E-state index contributed by atoms with van der Waals surface area (Å²) in [5.41, 5.74) is 2.39. The van der Waals surface area contributed by atoms with Crippen molar-refractivity contribution in [3.63, 3.8) is 0 Å². The molecule has 0 spiro atoms. The van der Waals surface area contributed by atoms with Gasteiger partial charge < -0.3 is 30.2 Å². The molecule has 1 aliphatic rings. The van der Waals surface area contributed by atoms with Crippen LogP contribution in [0.15, 0.2) is 97.2 Å². The molecular formula is C37H40N6O6S. The van der Waals surface area contributed by atoms with Crippen molar-refractivity contribution in [2.75, 3.05) is 54.1 Å². The molecule has 1 saturated heterocycles. The first-order valence-corrected chi connectivity index (χ1v) is 17.6. The van der Waals surface area contributed by atoms with Gasteiger partial charge in [-0.25, -0.2) is 9.78 Å². The zero-order valence-corrected chi connectivity index (χ0v) is 29.1. The second-order valence-electron chi connectivity index (χ2n) is 12.7. The first-order chi connectivity index (χ1) is 24.0. The summed E-state index contributed by atoms with van der Waals surface area (Å²) in [6.45, 7) is 7.09. The summed E-state index contributed by atoms with van der Waals surface area (Å²) in [7, 11) is -2.49. The molecule has 0 bridgehead atoms. The van der Waals surface area contributed by atoms with Crippen LogP contribution in [-0.4, -0.2) is 57.2 Å². The van der Waals surface area contributed by atoms with Gasteiger partial charge in [0, 0.05) is 41.8 Å². The molecule has 2 heterocycles. The molecule has 0 radical (unpaired) electrons. The number of pyridine rings is 1. The van der Waals surface area contributed by atoms with Crippen molar-refractivity contribution in [2.45, 2.75) is 26.2 Å². The number of rotatable bonds is 10. The van der Waals surface area contributed by atoms with Gasteiger partial charge in [-0.3, -0.25) is 4.72 Å². The molecule has 12 nitrogen and oxygen atoms in total. The monoisotopic (exact) mass is 696 g/mol. The van der Waals surface area contributed by atoms with E-state index in [1.807, 2.05) is 81.4 Å². The minimum absolute atomic E-state index is 0.178. The van der Waals surface area contributed by atoms with Crippen molar-refractivity contribution in [1.29, 1.82) is 0 Å². The van der Waals surface area contributed by atoms with E-state index < -0.39 is 16.2 Å². The molecule has 4 aromatic carbocycles. The number of morpholine rings is 1. The number of ether oxygens (including phenoxy) is 3. The van der Waals surface area contributed by atoms with Gasteiger partial charge in [-0.1, -0.05) is 63.2 Å². The SMILES string of the molecule is COc1c(NC(=O)Nc2ccc(Oc3ccnc(Nc4ccccc4)c3)c3ccccc23)cc(C(C)(C)C)cc1NS(=O)(=O)N1CCOCC1. The molecule has 260 valence electrons. The smallest absolute Gasteiger partial charge is 0.323 e. The lowest BCUT2D eigenvalue weighted by Crippen LogP contribution is -2.43. The summed E-state index contributed by atoms with van der Waals surface area (Å²) in [4.78, 5) is 18.0. The first-order valence-electron chi connectivity index (χ1n) is 16.1. The Morgan fingerprint density at radius 1 is 0.840 bits per heavy atom. The largest absolute Gasteiger partial charge is 0.492 e. The summed E-state index contributed by atoms with van der Waals surface area (Å²) < 4.78 is 47.9. The molecule has 2 amide bonds. The zero-order chi connectivity index (χ0) is 35.3. The Balaban J connectivity index is 1.24. The third-order valence-electron chi connectivity index (χ3n) is 8.09. The summed E-state index contributed by atoms with van der Waals surface area (Å²) in [6, 6.07) is 27.5. The van der Waals surface area contributed by atoms with Crippen LogP contribution < -0.4 is 30.1 Å². The van der Waals surface area contributed by atoms with Gasteiger partial charge in [0.05, 0.1) is 37.4 Å². The van der Waals surface area contributed by atoms with Crippen LogP contribution >= 0.6 is 0 Å². The van der Waals surface area contributed by atoms with E-state index in [1.54, 1.807) is 36.5 Å². The third-order valence-corrected chi connectivity index (χ3v) is 9.62. The van der Waals surface area contributed by atoms with E-state index in [2.05, 4.69) is 25.7 Å². The number of para-hydroxylation sites is 1. The second kappa shape index (κ2) is 14.6. The molecule has 0 saturated carbocycles. The summed E-state index contributed by atoms with van der Waals surface area (Å²) in [5.74, 6) is 2.00. The van der Waals surface area contributed by atoms with Crippen molar-refractivity contribution < 1.29 is 27.4 Å². The predicted molar refractivity (Wildman–Crippen MR) is 197 cm³/mol. The van der Waals surface area contributed by atoms with Gasteiger partial charge >= 0.3 is 16.2 Å². The molecule has 6 rings (SSSR count). The number of methoxy groups -OCH3 is 1. The highest BCUT2D eigenvalue weighted by atomic mass is 32.2. The van der Waals surface area contributed by atoms with Gasteiger partial charge in [0.25, 0.3) is 0 Å². The van der Waals surface area contributed by atoms with Crippen LogP contribution in [0, 0.1) is 0 Å². The van der Waals surface area contributed by atoms with Crippen LogP contribution in [-0.2, 0) is 20.4 Å². The van der Waals surface area contributed by atoms with Crippen LogP contribution in [0.5, 0.6) is 17.2 Å². The lowest BCUT2D eigenvalue weighted by molar-refractivity contribution is 0.0733. The number of anilines is 5. The van der Waals surface area contributed by atoms with Gasteiger partial charge in [-0.05, 0) is 53.4 Å². The molecule has 1 aliphatic heterocycles. The molecule has 4 N–H and O–H groups in total. The Kier molecular flexibility index (Phi) is 10.1. The maximum absolute atomic E-state index is 13.6. The Labute approximate surface area is 292 Å². The van der Waals surface area contributed by atoms with Crippen LogP contribution in [0.4, 0.5) is 33.4 Å². The topological polar surface area (TPSA) is 143 Å². The highest BCUT2D eigenvalue weighted by Crippen LogP contribution is 2.40. The van der Waals surface area contributed by atoms with E-state index in [4.69, 9.17) is 14.2 Å². The number of hydrogen-bond donors (Lipinski definition) is 4. The molecule has 13 heteroatoms. The number of fused-ring (bicyclic) bond motifs is 1. The quantitative estimate of drug-likeness (QED) is 0.116. The van der Waals surface area contributed by atoms with Gasteiger partial charge in [-0.2, -0.15) is 12.7 Å². The average molecular weight is 697 g/mol. The number of carbonyl (C=O) groups excluding carboxylic acids is 1. The minimum Gasteiger partial charge on any atom is -0.492 e. The highest BCUT2D eigenvalue weighted by Gasteiger charge is 2.28. The van der Waals surface area contributed by atoms with E-state index in [1.165, 1.54) is 11.4 Å². The Morgan fingerprint density at radius 2 is 1.52 bits per heavy atom. The number of benzene rings is 4. The third kappa shape index (κ3) is 8.08. The van der Waals surface area contributed by atoms with E-state index in [-0.39, 0.29) is 29.9 Å². The number of urea groups is 1. The Hall–Kier alpha value is -5.37. The first kappa shape index (κ1) is 34.5. The standard InChI is InChI=1S/C37H40N6O6S/c1-37(2,3)25-22-31(35(47-4)32(23-25)42-50(45,46)43-18-20-48-21-19-43)41-36(44)40-30-14-15-33(29-13-9-8-12-28(29)30)49-27-16-17-38-34(24-27)39-26-10-6-5-7-11-26/h5-17,22-24,42H,18-21H2,1-4H3,(H,38,39)(H2,40,41,44). The van der Waals surface area contributed by atoms with E-state index in [9.17, 15) is 13.2 Å². The predicted octanol–water partition coefficient (Wildman–Crippen LogP) is 7.71. The van der Waals surface area contributed by atoms with E-state index in [0.29, 0.717) is 41.9 Å². The van der Waals surface area contributed by atoms with Crippen molar-refractivity contribution in [3.8, 4) is 17.2 Å². The van der Waals surface area contributed by atoms with Crippen LogP contribution in [0.1, 0.15) is 26.3 Å². The molecule has 0 atom stereocenters. The van der Waals surface area contributed by atoms with Crippen molar-refractivity contribution in [3.05, 3.63) is 103 Å². The fraction of sp³-hybridized carbons (Fsp3) is 0.243. The van der Waals surface area contributed by atoms with E-state index >= 15 is 0 Å².